The van der Waals surface area contributed by atoms with Crippen LogP contribution in [0.5, 0.6) is 0 Å². The summed E-state index contributed by atoms with van der Waals surface area (Å²) in [6, 6.07) is 12.1. The minimum Gasteiger partial charge on any atom is -0.0840 e. The monoisotopic (exact) mass is 264 g/mol. The standard InChI is InChI=1S/C15H14Cl2/c1-10-5-3-7-13(15(10)17)9-12-6-4-8-14(16)11(12)2/h3-8H,9H2,1-2H3. The molecule has 17 heavy (non-hydrogen) atoms. The van der Waals surface area contributed by atoms with Gasteiger partial charge in [-0.15, -0.1) is 0 Å². The number of halogens is 2. The molecule has 0 fully saturated rings. The first-order valence-corrected chi connectivity index (χ1v) is 6.33. The summed E-state index contributed by atoms with van der Waals surface area (Å²) in [5, 5.41) is 1.66. The van der Waals surface area contributed by atoms with E-state index < -0.39 is 0 Å². The van der Waals surface area contributed by atoms with E-state index in [0.29, 0.717) is 0 Å². The van der Waals surface area contributed by atoms with Crippen molar-refractivity contribution in [2.75, 3.05) is 0 Å². The van der Waals surface area contributed by atoms with Gasteiger partial charge in [0, 0.05) is 10.0 Å². The molecule has 0 radical (unpaired) electrons. The summed E-state index contributed by atoms with van der Waals surface area (Å²) in [6.45, 7) is 4.07. The minimum atomic E-state index is 0.811. The Morgan fingerprint density at radius 3 is 2.29 bits per heavy atom. The molecule has 0 nitrogen and oxygen atoms in total. The van der Waals surface area contributed by atoms with Gasteiger partial charge in [-0.25, -0.2) is 0 Å². The molecule has 0 heterocycles. The average Bonchev–Trinajstić information content (AvgIpc) is 2.31. The number of hydrogen-bond donors (Lipinski definition) is 0. The molecule has 2 heteroatoms. The van der Waals surface area contributed by atoms with Crippen molar-refractivity contribution in [1.82, 2.24) is 0 Å². The maximum atomic E-state index is 6.30. The van der Waals surface area contributed by atoms with E-state index in [1.165, 1.54) is 5.56 Å². The SMILES string of the molecule is Cc1cccc(Cc2cccc(Cl)c2C)c1Cl. The average molecular weight is 265 g/mol. The summed E-state index contributed by atoms with van der Waals surface area (Å²) in [7, 11) is 0. The molecule has 0 spiro atoms. The van der Waals surface area contributed by atoms with Crippen molar-refractivity contribution in [2.45, 2.75) is 20.3 Å². The third-order valence-corrected chi connectivity index (χ3v) is 3.98. The zero-order valence-electron chi connectivity index (χ0n) is 9.93. The molecule has 88 valence electrons. The highest BCUT2D eigenvalue weighted by atomic mass is 35.5. The Balaban J connectivity index is 2.38. The first kappa shape index (κ1) is 12.5. The highest BCUT2D eigenvalue weighted by Crippen LogP contribution is 2.26. The van der Waals surface area contributed by atoms with Crippen molar-refractivity contribution in [3.8, 4) is 0 Å². The van der Waals surface area contributed by atoms with Crippen LogP contribution in [0, 0.1) is 13.8 Å². The minimum absolute atomic E-state index is 0.811. The van der Waals surface area contributed by atoms with Crippen molar-refractivity contribution in [3.05, 3.63) is 68.7 Å². The fourth-order valence-electron chi connectivity index (χ4n) is 1.89. The third-order valence-electron chi connectivity index (χ3n) is 3.03. The molecule has 0 unspecified atom stereocenters. The Kier molecular flexibility index (Phi) is 3.76. The van der Waals surface area contributed by atoms with E-state index in [1.807, 2.05) is 38.1 Å². The van der Waals surface area contributed by atoms with Gasteiger partial charge in [-0.2, -0.15) is 0 Å². The fraction of sp³-hybridized carbons (Fsp3) is 0.200. The van der Waals surface area contributed by atoms with E-state index in [0.717, 1.165) is 33.2 Å². The first-order valence-electron chi connectivity index (χ1n) is 5.57. The van der Waals surface area contributed by atoms with E-state index in [-0.39, 0.29) is 0 Å². The fourth-order valence-corrected chi connectivity index (χ4v) is 2.28. The van der Waals surface area contributed by atoms with Crippen molar-refractivity contribution in [3.63, 3.8) is 0 Å². The van der Waals surface area contributed by atoms with E-state index in [1.54, 1.807) is 0 Å². The van der Waals surface area contributed by atoms with Crippen LogP contribution in [-0.2, 0) is 6.42 Å². The predicted molar refractivity (Wildman–Crippen MR) is 75.2 cm³/mol. The van der Waals surface area contributed by atoms with Crippen LogP contribution in [-0.4, -0.2) is 0 Å². The number of hydrogen-bond acceptors (Lipinski definition) is 0. The predicted octanol–water partition coefficient (Wildman–Crippen LogP) is 5.20. The highest BCUT2D eigenvalue weighted by Gasteiger charge is 2.07. The molecule has 2 aromatic rings. The molecule has 0 saturated heterocycles. The number of benzene rings is 2. The molecule has 0 aromatic heterocycles. The molecule has 2 rings (SSSR count). The quantitative estimate of drug-likeness (QED) is 0.700. The van der Waals surface area contributed by atoms with E-state index in [9.17, 15) is 0 Å². The summed E-state index contributed by atoms with van der Waals surface area (Å²) < 4.78 is 0. The van der Waals surface area contributed by atoms with Gasteiger partial charge >= 0.3 is 0 Å². The number of rotatable bonds is 2. The van der Waals surface area contributed by atoms with Crippen LogP contribution in [0.3, 0.4) is 0 Å². The van der Waals surface area contributed by atoms with Crippen LogP contribution in [0.2, 0.25) is 10.0 Å². The normalized spacial score (nSPS) is 10.6. The van der Waals surface area contributed by atoms with Gasteiger partial charge in [0.15, 0.2) is 0 Å². The van der Waals surface area contributed by atoms with Crippen LogP contribution in [0.15, 0.2) is 36.4 Å². The van der Waals surface area contributed by atoms with Crippen LogP contribution in [0.1, 0.15) is 22.3 Å². The van der Waals surface area contributed by atoms with Crippen LogP contribution < -0.4 is 0 Å². The zero-order valence-corrected chi connectivity index (χ0v) is 11.4. The van der Waals surface area contributed by atoms with Crippen LogP contribution in [0.4, 0.5) is 0 Å². The van der Waals surface area contributed by atoms with Crippen molar-refractivity contribution >= 4 is 23.2 Å². The van der Waals surface area contributed by atoms with Gasteiger partial charge in [-0.1, -0.05) is 53.5 Å². The highest BCUT2D eigenvalue weighted by molar-refractivity contribution is 6.32. The van der Waals surface area contributed by atoms with Crippen molar-refractivity contribution < 1.29 is 0 Å². The van der Waals surface area contributed by atoms with Gasteiger partial charge < -0.3 is 0 Å². The Hall–Kier alpha value is -0.980. The topological polar surface area (TPSA) is 0 Å². The molecule has 0 bridgehead atoms. The van der Waals surface area contributed by atoms with E-state index >= 15 is 0 Å². The maximum Gasteiger partial charge on any atom is 0.0470 e. The molecule has 0 aliphatic heterocycles. The lowest BCUT2D eigenvalue weighted by atomic mass is 9.99. The molecule has 0 N–H and O–H groups in total. The maximum absolute atomic E-state index is 6.30. The van der Waals surface area contributed by atoms with Gasteiger partial charge in [0.25, 0.3) is 0 Å². The smallest absolute Gasteiger partial charge is 0.0470 e. The Morgan fingerprint density at radius 1 is 0.882 bits per heavy atom. The lowest BCUT2D eigenvalue weighted by Crippen LogP contribution is -1.94. The lowest BCUT2D eigenvalue weighted by molar-refractivity contribution is 1.15. The van der Waals surface area contributed by atoms with Gasteiger partial charge in [0.2, 0.25) is 0 Å². The molecule has 0 aliphatic carbocycles. The van der Waals surface area contributed by atoms with Gasteiger partial charge in [-0.05, 0) is 48.6 Å². The Morgan fingerprint density at radius 2 is 1.53 bits per heavy atom. The van der Waals surface area contributed by atoms with Gasteiger partial charge in [0.1, 0.15) is 0 Å². The second-order valence-corrected chi connectivity index (χ2v) is 5.03. The molecule has 2 aromatic carbocycles. The largest absolute Gasteiger partial charge is 0.0840 e. The lowest BCUT2D eigenvalue weighted by Gasteiger charge is -2.10. The molecule has 0 amide bonds. The summed E-state index contributed by atoms with van der Waals surface area (Å²) in [6.07, 6.45) is 0.826. The molecular weight excluding hydrogens is 251 g/mol. The zero-order chi connectivity index (χ0) is 12.4. The first-order chi connectivity index (χ1) is 8.09. The molecular formula is C15H14Cl2. The molecule has 0 aliphatic rings. The summed E-state index contributed by atoms with van der Waals surface area (Å²) in [5.41, 5.74) is 4.62. The van der Waals surface area contributed by atoms with Crippen molar-refractivity contribution in [2.24, 2.45) is 0 Å². The third kappa shape index (κ3) is 2.65. The second-order valence-electron chi connectivity index (χ2n) is 4.25. The van der Waals surface area contributed by atoms with Gasteiger partial charge in [0.05, 0.1) is 0 Å². The number of aryl methyl sites for hydroxylation is 1. The van der Waals surface area contributed by atoms with Crippen molar-refractivity contribution in [1.29, 1.82) is 0 Å². The Bertz CT molecular complexity index is 495. The molecule has 0 saturated carbocycles. The van der Waals surface area contributed by atoms with Crippen LogP contribution in [0.25, 0.3) is 0 Å². The van der Waals surface area contributed by atoms with Crippen LogP contribution >= 0.6 is 23.2 Å². The molecule has 0 atom stereocenters. The van der Waals surface area contributed by atoms with E-state index in [4.69, 9.17) is 23.2 Å². The summed E-state index contributed by atoms with van der Waals surface area (Å²) in [4.78, 5) is 0. The van der Waals surface area contributed by atoms with Gasteiger partial charge in [-0.3, -0.25) is 0 Å². The summed E-state index contributed by atoms with van der Waals surface area (Å²) in [5.74, 6) is 0. The summed E-state index contributed by atoms with van der Waals surface area (Å²) >= 11 is 12.4. The Labute approximate surface area is 112 Å². The second kappa shape index (κ2) is 5.12. The van der Waals surface area contributed by atoms with E-state index in [2.05, 4.69) is 12.1 Å².